The van der Waals surface area contributed by atoms with Crippen LogP contribution in [-0.2, 0) is 4.74 Å². The van der Waals surface area contributed by atoms with Gasteiger partial charge in [-0.05, 0) is 25.0 Å². The van der Waals surface area contributed by atoms with Crippen LogP contribution >= 0.6 is 0 Å². The van der Waals surface area contributed by atoms with Crippen molar-refractivity contribution >= 4 is 5.69 Å². The van der Waals surface area contributed by atoms with Crippen molar-refractivity contribution in [2.45, 2.75) is 18.9 Å². The second-order valence-corrected chi connectivity index (χ2v) is 4.65. The van der Waals surface area contributed by atoms with Crippen molar-refractivity contribution < 1.29 is 9.47 Å². The fourth-order valence-corrected chi connectivity index (χ4v) is 2.07. The molecule has 1 fully saturated rings. The molecule has 1 aliphatic rings. The maximum Gasteiger partial charge on any atom is 0.163 e. The Morgan fingerprint density at radius 2 is 2.00 bits per heavy atom. The topological polar surface area (TPSA) is 102 Å². The van der Waals surface area contributed by atoms with E-state index in [9.17, 15) is 0 Å². The minimum atomic E-state index is -0.267. The smallest absolute Gasteiger partial charge is 0.163 e. The first kappa shape index (κ1) is 15.4. The van der Waals surface area contributed by atoms with E-state index in [0.717, 1.165) is 19.4 Å². The summed E-state index contributed by atoms with van der Waals surface area (Å²) >= 11 is 0. The van der Waals surface area contributed by atoms with Crippen LogP contribution in [0, 0.1) is 34.0 Å². The van der Waals surface area contributed by atoms with Gasteiger partial charge < -0.3 is 14.8 Å². The van der Waals surface area contributed by atoms with Crippen molar-refractivity contribution in [2.75, 3.05) is 18.5 Å². The lowest BCUT2D eigenvalue weighted by Crippen LogP contribution is -2.16. The van der Waals surface area contributed by atoms with E-state index in [1.807, 2.05) is 6.07 Å². The zero-order chi connectivity index (χ0) is 15.8. The van der Waals surface area contributed by atoms with Gasteiger partial charge in [-0.1, -0.05) is 12.1 Å². The van der Waals surface area contributed by atoms with Gasteiger partial charge in [0.1, 0.15) is 36.3 Å². The lowest BCUT2D eigenvalue weighted by molar-refractivity contribution is 0.0682. The average molecular weight is 294 g/mol. The molecule has 6 nitrogen and oxygen atoms in total. The van der Waals surface area contributed by atoms with Gasteiger partial charge in [-0.2, -0.15) is 15.8 Å². The summed E-state index contributed by atoms with van der Waals surface area (Å²) in [6, 6.07) is 12.3. The predicted octanol–water partition coefficient (Wildman–Crippen LogP) is 2.48. The van der Waals surface area contributed by atoms with Gasteiger partial charge in [-0.25, -0.2) is 0 Å². The Bertz CT molecular complexity index is 669. The molecule has 0 radical (unpaired) electrons. The molecular formula is C16H14N4O2. The van der Waals surface area contributed by atoms with Gasteiger partial charge in [-0.3, -0.25) is 0 Å². The van der Waals surface area contributed by atoms with Crippen molar-refractivity contribution in [3.05, 3.63) is 35.5 Å². The van der Waals surface area contributed by atoms with Crippen LogP contribution in [0.3, 0.4) is 0 Å². The van der Waals surface area contributed by atoms with Gasteiger partial charge in [0.05, 0.1) is 11.8 Å². The van der Waals surface area contributed by atoms with Crippen LogP contribution in [0.4, 0.5) is 5.69 Å². The van der Waals surface area contributed by atoms with Gasteiger partial charge in [0, 0.05) is 6.61 Å². The molecule has 1 heterocycles. The van der Waals surface area contributed by atoms with Gasteiger partial charge >= 0.3 is 0 Å². The number of ether oxygens (including phenoxy) is 2. The van der Waals surface area contributed by atoms with Crippen molar-refractivity contribution in [1.29, 1.82) is 15.8 Å². The molecule has 0 spiro atoms. The predicted molar refractivity (Wildman–Crippen MR) is 78.4 cm³/mol. The second-order valence-electron chi connectivity index (χ2n) is 4.65. The van der Waals surface area contributed by atoms with E-state index in [4.69, 9.17) is 25.3 Å². The first-order valence-corrected chi connectivity index (χ1v) is 6.83. The molecule has 1 atom stereocenters. The van der Waals surface area contributed by atoms with E-state index in [1.165, 1.54) is 0 Å². The average Bonchev–Trinajstić information content (AvgIpc) is 3.07. The molecule has 1 aliphatic heterocycles. The van der Waals surface area contributed by atoms with Crippen molar-refractivity contribution in [2.24, 2.45) is 0 Å². The first-order valence-electron chi connectivity index (χ1n) is 6.83. The molecule has 6 heteroatoms. The van der Waals surface area contributed by atoms with Crippen molar-refractivity contribution in [3.8, 4) is 24.0 Å². The number of rotatable bonds is 5. The highest BCUT2D eigenvalue weighted by Crippen LogP contribution is 2.26. The Kier molecular flexibility index (Phi) is 5.37. The highest BCUT2D eigenvalue weighted by Gasteiger charge is 2.17. The fourth-order valence-electron chi connectivity index (χ4n) is 2.07. The number of nitriles is 3. The van der Waals surface area contributed by atoms with E-state index >= 15 is 0 Å². The Morgan fingerprint density at radius 1 is 1.23 bits per heavy atom. The van der Waals surface area contributed by atoms with Crippen LogP contribution < -0.4 is 10.1 Å². The molecule has 1 aromatic rings. The number of nitrogens with zero attached hydrogens (tertiary/aromatic N) is 3. The molecule has 110 valence electrons. The lowest BCUT2D eigenvalue weighted by Gasteiger charge is -2.15. The Balaban J connectivity index is 2.14. The maximum atomic E-state index is 9.08. The minimum Gasteiger partial charge on any atom is -0.489 e. The van der Waals surface area contributed by atoms with E-state index in [1.54, 1.807) is 36.4 Å². The van der Waals surface area contributed by atoms with Gasteiger partial charge in [0.25, 0.3) is 0 Å². The lowest BCUT2D eigenvalue weighted by atomic mass is 10.2. The molecule has 1 saturated heterocycles. The summed E-state index contributed by atoms with van der Waals surface area (Å²) < 4.78 is 11.2. The van der Waals surface area contributed by atoms with Crippen LogP contribution in [-0.4, -0.2) is 19.3 Å². The van der Waals surface area contributed by atoms with Gasteiger partial charge in [-0.15, -0.1) is 0 Å². The molecule has 2 rings (SSSR count). The van der Waals surface area contributed by atoms with Gasteiger partial charge in [0.2, 0.25) is 0 Å². The number of allylic oxidation sites excluding steroid dienone is 2. The first-order chi connectivity index (χ1) is 10.8. The molecule has 0 saturated carbocycles. The van der Waals surface area contributed by atoms with Crippen LogP contribution in [0.15, 0.2) is 35.5 Å². The maximum absolute atomic E-state index is 9.08. The summed E-state index contributed by atoms with van der Waals surface area (Å²) in [5.41, 5.74) is 0.162. The third-order valence-corrected chi connectivity index (χ3v) is 3.18. The largest absolute Gasteiger partial charge is 0.489 e. The molecule has 0 aromatic heterocycles. The van der Waals surface area contributed by atoms with Crippen LogP contribution in [0.1, 0.15) is 12.8 Å². The normalized spacial score (nSPS) is 16.0. The summed E-state index contributed by atoms with van der Waals surface area (Å²) in [6.45, 7) is 1.18. The molecule has 1 aromatic carbocycles. The monoisotopic (exact) mass is 294 g/mol. The van der Waals surface area contributed by atoms with Crippen LogP contribution in [0.2, 0.25) is 0 Å². The van der Waals surface area contributed by atoms with E-state index in [-0.39, 0.29) is 17.4 Å². The molecule has 1 unspecified atom stereocenters. The number of nitrogens with one attached hydrogen (secondary N) is 1. The number of anilines is 1. The van der Waals surface area contributed by atoms with E-state index < -0.39 is 0 Å². The Hall–Kier alpha value is -3.01. The molecule has 0 aliphatic carbocycles. The Labute approximate surface area is 128 Å². The summed E-state index contributed by atoms with van der Waals surface area (Å²) in [4.78, 5) is 0. The third-order valence-electron chi connectivity index (χ3n) is 3.18. The molecule has 0 bridgehead atoms. The fraction of sp³-hybridized carbons (Fsp3) is 0.312. The summed E-state index contributed by atoms with van der Waals surface area (Å²) in [5.74, 6) is 0.543. The highest BCUT2D eigenvalue weighted by atomic mass is 16.5. The number of hydrogen-bond donors (Lipinski definition) is 1. The van der Waals surface area contributed by atoms with Crippen molar-refractivity contribution in [3.63, 3.8) is 0 Å². The standard InChI is InChI=1S/C16H14N4O2/c17-8-12(9-18)15(10-19)20-14-5-1-2-6-16(14)22-11-13-4-3-7-21-13/h1-2,5-6,13,20H,3-4,7,11H2. The highest BCUT2D eigenvalue weighted by molar-refractivity contribution is 5.64. The molecule has 0 amide bonds. The third kappa shape index (κ3) is 3.76. The zero-order valence-corrected chi connectivity index (χ0v) is 11.9. The minimum absolute atomic E-state index is 0.0767. The van der Waals surface area contributed by atoms with E-state index in [2.05, 4.69) is 5.32 Å². The number of para-hydroxylation sites is 2. The molecule has 1 N–H and O–H groups in total. The summed E-state index contributed by atoms with van der Waals surface area (Å²) in [6.07, 6.45) is 2.07. The summed E-state index contributed by atoms with van der Waals surface area (Å²) in [7, 11) is 0. The number of hydrogen-bond acceptors (Lipinski definition) is 6. The molecule has 22 heavy (non-hydrogen) atoms. The number of benzene rings is 1. The quantitative estimate of drug-likeness (QED) is 0.837. The molecular weight excluding hydrogens is 280 g/mol. The SMILES string of the molecule is N#CC(C#N)=C(C#N)Nc1ccccc1OCC1CCCO1. The zero-order valence-electron chi connectivity index (χ0n) is 11.9. The second kappa shape index (κ2) is 7.69. The van der Waals surface area contributed by atoms with Crippen LogP contribution in [0.5, 0.6) is 5.75 Å². The summed E-state index contributed by atoms with van der Waals surface area (Å²) in [5, 5.41) is 29.6. The Morgan fingerprint density at radius 3 is 2.64 bits per heavy atom. The van der Waals surface area contributed by atoms with Crippen molar-refractivity contribution in [1.82, 2.24) is 0 Å². The van der Waals surface area contributed by atoms with E-state index in [0.29, 0.717) is 18.0 Å². The van der Waals surface area contributed by atoms with Gasteiger partial charge in [0.15, 0.2) is 5.57 Å². The van der Waals surface area contributed by atoms with Crippen LogP contribution in [0.25, 0.3) is 0 Å².